The average molecular weight is 439 g/mol. The molecule has 0 radical (unpaired) electrons. The Labute approximate surface area is 190 Å². The second kappa shape index (κ2) is 11.4. The zero-order chi connectivity index (χ0) is 22.2. The molecule has 1 aliphatic rings. The van der Waals surface area contributed by atoms with Crippen molar-refractivity contribution in [2.24, 2.45) is 0 Å². The molecular weight excluding hydrogens is 404 g/mol. The monoisotopic (exact) mass is 438 g/mol. The van der Waals surface area contributed by atoms with Crippen molar-refractivity contribution in [3.63, 3.8) is 0 Å². The van der Waals surface area contributed by atoms with Gasteiger partial charge in [-0.15, -0.1) is 11.8 Å². The van der Waals surface area contributed by atoms with Crippen molar-refractivity contribution in [3.8, 4) is 0 Å². The highest BCUT2D eigenvalue weighted by Crippen LogP contribution is 2.22. The fraction of sp³-hybridized carbons (Fsp3) is 0.462. The van der Waals surface area contributed by atoms with Crippen LogP contribution in [0.2, 0.25) is 0 Å². The number of nitrogens with one attached hydrogen (secondary N) is 1. The Balaban J connectivity index is 1.71. The average Bonchev–Trinajstić information content (AvgIpc) is 2.78. The maximum absolute atomic E-state index is 13.3. The summed E-state index contributed by atoms with van der Waals surface area (Å²) >= 11 is 1.52. The van der Waals surface area contributed by atoms with Crippen LogP contribution in [0.4, 0.5) is 0 Å². The van der Waals surface area contributed by atoms with Gasteiger partial charge in [0.05, 0.1) is 5.75 Å². The lowest BCUT2D eigenvalue weighted by Crippen LogP contribution is -2.50. The fourth-order valence-electron chi connectivity index (χ4n) is 3.98. The van der Waals surface area contributed by atoms with Crippen LogP contribution in [0.25, 0.3) is 0 Å². The van der Waals surface area contributed by atoms with Crippen LogP contribution in [0.3, 0.4) is 0 Å². The van der Waals surface area contributed by atoms with Gasteiger partial charge in [0.15, 0.2) is 0 Å². The first kappa shape index (κ1) is 23.4. The largest absolute Gasteiger partial charge is 0.352 e. The third kappa shape index (κ3) is 6.86. The number of hydrogen-bond donors (Lipinski definition) is 1. The number of rotatable bonds is 8. The predicted molar refractivity (Wildman–Crippen MR) is 128 cm³/mol. The Hall–Kier alpha value is -2.27. The summed E-state index contributed by atoms with van der Waals surface area (Å²) in [5.74, 6) is 0.255. The normalized spacial score (nSPS) is 15.3. The van der Waals surface area contributed by atoms with Crippen LogP contribution in [-0.4, -0.2) is 34.6 Å². The highest BCUT2D eigenvalue weighted by molar-refractivity contribution is 8.00. The van der Waals surface area contributed by atoms with Crippen LogP contribution >= 0.6 is 11.8 Å². The van der Waals surface area contributed by atoms with Crippen molar-refractivity contribution in [2.45, 2.75) is 76.4 Å². The third-order valence-corrected chi connectivity index (χ3v) is 7.10. The molecule has 0 aromatic heterocycles. The van der Waals surface area contributed by atoms with Gasteiger partial charge in [-0.25, -0.2) is 0 Å². The number of amides is 2. The van der Waals surface area contributed by atoms with Gasteiger partial charge in [-0.05, 0) is 56.9 Å². The van der Waals surface area contributed by atoms with Crippen LogP contribution in [0, 0.1) is 13.8 Å². The van der Waals surface area contributed by atoms with E-state index in [2.05, 4.69) is 24.4 Å². The quantitative estimate of drug-likeness (QED) is 0.572. The van der Waals surface area contributed by atoms with Gasteiger partial charge in [0.2, 0.25) is 11.8 Å². The van der Waals surface area contributed by atoms with Gasteiger partial charge >= 0.3 is 0 Å². The Bertz CT molecular complexity index is 875. The van der Waals surface area contributed by atoms with Gasteiger partial charge in [0.25, 0.3) is 0 Å². The summed E-state index contributed by atoms with van der Waals surface area (Å²) in [5, 5.41) is 3.19. The molecule has 1 aliphatic carbocycles. The molecule has 166 valence electrons. The van der Waals surface area contributed by atoms with E-state index in [9.17, 15) is 9.59 Å². The Morgan fingerprint density at radius 2 is 1.71 bits per heavy atom. The standard InChI is InChI=1S/C26H34N2O2S/c1-19-13-15-24(16-14-19)31-18-25(29)28(17-22-10-8-7-9-20(22)2)21(3)26(30)27-23-11-5-4-6-12-23/h7-10,13-16,21,23H,4-6,11-12,17-18H2,1-3H3,(H,27,30)/t21-/m0/s1. The summed E-state index contributed by atoms with van der Waals surface area (Å²) < 4.78 is 0. The minimum atomic E-state index is -0.507. The van der Waals surface area contributed by atoms with Crippen LogP contribution < -0.4 is 5.32 Å². The van der Waals surface area contributed by atoms with Crippen molar-refractivity contribution in [2.75, 3.05) is 5.75 Å². The van der Waals surface area contributed by atoms with Crippen molar-refractivity contribution < 1.29 is 9.59 Å². The van der Waals surface area contributed by atoms with Crippen LogP contribution in [0.5, 0.6) is 0 Å². The summed E-state index contributed by atoms with van der Waals surface area (Å²) in [7, 11) is 0. The summed E-state index contributed by atoms with van der Waals surface area (Å²) in [6, 6.07) is 16.0. The first-order valence-electron chi connectivity index (χ1n) is 11.3. The van der Waals surface area contributed by atoms with Crippen LogP contribution in [0.15, 0.2) is 53.4 Å². The number of thioether (sulfide) groups is 1. The highest BCUT2D eigenvalue weighted by atomic mass is 32.2. The number of carbonyl (C=O) groups is 2. The van der Waals surface area contributed by atoms with Crippen molar-refractivity contribution in [3.05, 3.63) is 65.2 Å². The van der Waals surface area contributed by atoms with Crippen molar-refractivity contribution in [1.29, 1.82) is 0 Å². The lowest BCUT2D eigenvalue weighted by atomic mass is 9.95. The first-order chi connectivity index (χ1) is 14.9. The number of benzene rings is 2. The minimum Gasteiger partial charge on any atom is -0.352 e. The van der Waals surface area contributed by atoms with E-state index in [0.717, 1.165) is 28.9 Å². The summed E-state index contributed by atoms with van der Waals surface area (Å²) in [5.41, 5.74) is 3.41. The van der Waals surface area contributed by atoms with Crippen LogP contribution in [0.1, 0.15) is 55.7 Å². The van der Waals surface area contributed by atoms with E-state index in [-0.39, 0.29) is 17.9 Å². The van der Waals surface area contributed by atoms with Gasteiger partial charge in [0.1, 0.15) is 6.04 Å². The molecular formula is C26H34N2O2S. The van der Waals surface area contributed by atoms with Crippen molar-refractivity contribution >= 4 is 23.6 Å². The first-order valence-corrected chi connectivity index (χ1v) is 12.3. The molecule has 0 unspecified atom stereocenters. The molecule has 2 aromatic rings. The van der Waals surface area contributed by atoms with E-state index in [0.29, 0.717) is 12.3 Å². The molecule has 1 saturated carbocycles. The molecule has 2 aromatic carbocycles. The zero-order valence-corrected chi connectivity index (χ0v) is 19.7. The molecule has 3 rings (SSSR count). The number of carbonyl (C=O) groups excluding carboxylic acids is 2. The molecule has 0 spiro atoms. The third-order valence-electron chi connectivity index (χ3n) is 6.10. The number of aryl methyl sites for hydroxylation is 2. The summed E-state index contributed by atoms with van der Waals surface area (Å²) in [6.45, 7) is 6.39. The molecule has 0 bridgehead atoms. The Morgan fingerprint density at radius 3 is 2.39 bits per heavy atom. The van der Waals surface area contributed by atoms with Crippen molar-refractivity contribution in [1.82, 2.24) is 10.2 Å². The molecule has 4 nitrogen and oxygen atoms in total. The zero-order valence-electron chi connectivity index (χ0n) is 18.9. The molecule has 0 aliphatic heterocycles. The molecule has 0 heterocycles. The highest BCUT2D eigenvalue weighted by Gasteiger charge is 2.28. The van der Waals surface area contributed by atoms with E-state index in [1.807, 2.05) is 50.2 Å². The fourth-order valence-corrected chi connectivity index (χ4v) is 4.77. The van der Waals surface area contributed by atoms with Gasteiger partial charge < -0.3 is 10.2 Å². The molecule has 5 heteroatoms. The minimum absolute atomic E-state index is 0.0138. The number of nitrogens with zero attached hydrogens (tertiary/aromatic N) is 1. The second-order valence-corrected chi connectivity index (χ2v) is 9.62. The van der Waals surface area contributed by atoms with E-state index in [1.165, 1.54) is 36.6 Å². The van der Waals surface area contributed by atoms with E-state index < -0.39 is 6.04 Å². The molecule has 1 fully saturated rings. The summed E-state index contributed by atoms with van der Waals surface area (Å²) in [4.78, 5) is 29.1. The molecule has 1 atom stereocenters. The SMILES string of the molecule is Cc1ccc(SCC(=O)N(Cc2ccccc2C)[C@@H](C)C(=O)NC2CCCCC2)cc1. The maximum Gasteiger partial charge on any atom is 0.242 e. The second-order valence-electron chi connectivity index (χ2n) is 8.57. The topological polar surface area (TPSA) is 49.4 Å². The van der Waals surface area contributed by atoms with Gasteiger partial charge in [-0.2, -0.15) is 0 Å². The Kier molecular flexibility index (Phi) is 8.59. The lowest BCUT2D eigenvalue weighted by molar-refractivity contribution is -0.139. The van der Waals surface area contributed by atoms with E-state index in [1.54, 1.807) is 4.90 Å². The van der Waals surface area contributed by atoms with Gasteiger partial charge in [0, 0.05) is 17.5 Å². The van der Waals surface area contributed by atoms with Gasteiger partial charge in [-0.3, -0.25) is 9.59 Å². The van der Waals surface area contributed by atoms with Crippen LogP contribution in [-0.2, 0) is 16.1 Å². The molecule has 1 N–H and O–H groups in total. The molecule has 2 amide bonds. The predicted octanol–water partition coefficient (Wildman–Crippen LogP) is 5.26. The lowest BCUT2D eigenvalue weighted by Gasteiger charge is -2.31. The molecule has 0 saturated heterocycles. The smallest absolute Gasteiger partial charge is 0.242 e. The molecule has 31 heavy (non-hydrogen) atoms. The number of hydrogen-bond acceptors (Lipinski definition) is 3. The maximum atomic E-state index is 13.3. The van der Waals surface area contributed by atoms with E-state index in [4.69, 9.17) is 0 Å². The Morgan fingerprint density at radius 1 is 1.03 bits per heavy atom. The van der Waals surface area contributed by atoms with E-state index >= 15 is 0 Å². The van der Waals surface area contributed by atoms with Gasteiger partial charge in [-0.1, -0.05) is 61.2 Å². The summed E-state index contributed by atoms with van der Waals surface area (Å²) in [6.07, 6.45) is 5.65.